The summed E-state index contributed by atoms with van der Waals surface area (Å²) < 4.78 is 12.9. The monoisotopic (exact) mass is 308 g/mol. The van der Waals surface area contributed by atoms with Crippen LogP contribution >= 0.6 is 0 Å². The minimum atomic E-state index is -0.287. The third-order valence-electron chi connectivity index (χ3n) is 3.77. The highest BCUT2D eigenvalue weighted by Gasteiger charge is 2.11. The molecule has 1 heterocycles. The molecule has 0 fully saturated rings. The Kier molecular flexibility index (Phi) is 4.06. The molecule has 0 spiro atoms. The van der Waals surface area contributed by atoms with E-state index in [-0.39, 0.29) is 11.7 Å². The lowest BCUT2D eigenvalue weighted by molar-refractivity contribution is 0.0950. The Hall–Kier alpha value is -2.75. The Bertz CT molecular complexity index is 872. The van der Waals surface area contributed by atoms with Crippen LogP contribution in [-0.4, -0.2) is 10.9 Å². The lowest BCUT2D eigenvalue weighted by atomic mass is 10.1. The Labute approximate surface area is 134 Å². The third-order valence-corrected chi connectivity index (χ3v) is 3.77. The van der Waals surface area contributed by atoms with Crippen LogP contribution in [0.4, 0.5) is 4.39 Å². The van der Waals surface area contributed by atoms with E-state index >= 15 is 0 Å². The highest BCUT2D eigenvalue weighted by Crippen LogP contribution is 2.18. The van der Waals surface area contributed by atoms with E-state index in [4.69, 9.17) is 0 Å². The quantitative estimate of drug-likeness (QED) is 0.797. The van der Waals surface area contributed by atoms with Crippen LogP contribution < -0.4 is 5.32 Å². The highest BCUT2D eigenvalue weighted by molar-refractivity contribution is 5.98. The van der Waals surface area contributed by atoms with Gasteiger partial charge >= 0.3 is 0 Å². The summed E-state index contributed by atoms with van der Waals surface area (Å²) in [4.78, 5) is 16.9. The number of fused-ring (bicyclic) bond motifs is 1. The van der Waals surface area contributed by atoms with Crippen molar-refractivity contribution in [3.8, 4) is 0 Å². The van der Waals surface area contributed by atoms with Gasteiger partial charge in [0.25, 0.3) is 5.91 Å². The number of halogens is 1. The summed E-state index contributed by atoms with van der Waals surface area (Å²) in [5, 5.41) is 3.80. The maximum Gasteiger partial charge on any atom is 0.253 e. The van der Waals surface area contributed by atoms with E-state index in [1.165, 1.54) is 12.1 Å². The van der Waals surface area contributed by atoms with Crippen molar-refractivity contribution in [2.75, 3.05) is 0 Å². The summed E-state index contributed by atoms with van der Waals surface area (Å²) >= 11 is 0. The molecule has 3 aromatic rings. The van der Waals surface area contributed by atoms with Gasteiger partial charge in [-0.15, -0.1) is 0 Å². The van der Waals surface area contributed by atoms with Crippen LogP contribution in [0.5, 0.6) is 0 Å². The van der Waals surface area contributed by atoms with E-state index in [2.05, 4.69) is 10.3 Å². The largest absolute Gasteiger partial charge is 0.348 e. The first kappa shape index (κ1) is 15.2. The van der Waals surface area contributed by atoms with Gasteiger partial charge in [-0.1, -0.05) is 23.8 Å². The second-order valence-corrected chi connectivity index (χ2v) is 5.63. The maximum absolute atomic E-state index is 12.9. The Balaban J connectivity index is 1.82. The van der Waals surface area contributed by atoms with Gasteiger partial charge in [0.15, 0.2) is 0 Å². The molecule has 0 unspecified atom stereocenters. The molecule has 0 bridgehead atoms. The zero-order chi connectivity index (χ0) is 16.4. The fourth-order valence-corrected chi connectivity index (χ4v) is 2.50. The normalized spacial score (nSPS) is 10.7. The summed E-state index contributed by atoms with van der Waals surface area (Å²) in [6.07, 6.45) is 0. The van der Waals surface area contributed by atoms with Crippen LogP contribution in [0, 0.1) is 19.7 Å². The SMILES string of the molecule is Cc1ccc2nc(C)c(C(=O)NCc3ccc(F)cc3)cc2c1. The lowest BCUT2D eigenvalue weighted by Gasteiger charge is -2.09. The number of hydrogen-bond donors (Lipinski definition) is 1. The molecule has 116 valence electrons. The number of benzene rings is 2. The second kappa shape index (κ2) is 6.16. The van der Waals surface area contributed by atoms with Gasteiger partial charge in [0.1, 0.15) is 5.82 Å². The Morgan fingerprint density at radius 3 is 2.57 bits per heavy atom. The predicted octanol–water partition coefficient (Wildman–Crippen LogP) is 3.92. The lowest BCUT2D eigenvalue weighted by Crippen LogP contribution is -2.24. The third kappa shape index (κ3) is 3.37. The van der Waals surface area contributed by atoms with Gasteiger partial charge < -0.3 is 5.32 Å². The first-order chi connectivity index (χ1) is 11.0. The van der Waals surface area contributed by atoms with Gasteiger partial charge in [0.05, 0.1) is 16.8 Å². The molecule has 4 heteroatoms. The van der Waals surface area contributed by atoms with E-state index < -0.39 is 0 Å². The molecule has 23 heavy (non-hydrogen) atoms. The van der Waals surface area contributed by atoms with E-state index in [0.717, 1.165) is 22.0 Å². The van der Waals surface area contributed by atoms with Crippen molar-refractivity contribution < 1.29 is 9.18 Å². The molecular weight excluding hydrogens is 291 g/mol. The van der Waals surface area contributed by atoms with E-state index in [1.807, 2.05) is 38.1 Å². The number of nitrogens with zero attached hydrogens (tertiary/aromatic N) is 1. The zero-order valence-corrected chi connectivity index (χ0v) is 13.1. The number of rotatable bonds is 3. The number of carbonyl (C=O) groups excluding carboxylic acids is 1. The van der Waals surface area contributed by atoms with E-state index in [0.29, 0.717) is 17.8 Å². The van der Waals surface area contributed by atoms with Crippen molar-refractivity contribution in [1.29, 1.82) is 0 Å². The molecule has 0 saturated carbocycles. The zero-order valence-electron chi connectivity index (χ0n) is 13.1. The summed E-state index contributed by atoms with van der Waals surface area (Å²) in [5.74, 6) is -0.465. The number of carbonyl (C=O) groups is 1. The Morgan fingerprint density at radius 1 is 1.09 bits per heavy atom. The summed E-state index contributed by atoms with van der Waals surface area (Å²) in [7, 11) is 0. The molecule has 0 aliphatic rings. The first-order valence-electron chi connectivity index (χ1n) is 7.43. The van der Waals surface area contributed by atoms with Crippen molar-refractivity contribution in [2.24, 2.45) is 0 Å². The van der Waals surface area contributed by atoms with E-state index in [1.54, 1.807) is 12.1 Å². The standard InChI is InChI=1S/C19H17FN2O/c1-12-3-8-18-15(9-12)10-17(13(2)22-18)19(23)21-11-14-4-6-16(20)7-5-14/h3-10H,11H2,1-2H3,(H,21,23). The summed E-state index contributed by atoms with van der Waals surface area (Å²) in [6, 6.07) is 13.9. The number of amides is 1. The minimum absolute atomic E-state index is 0.178. The summed E-state index contributed by atoms with van der Waals surface area (Å²) in [5.41, 5.74) is 4.11. The van der Waals surface area contributed by atoms with Crippen molar-refractivity contribution in [1.82, 2.24) is 10.3 Å². The molecule has 0 aliphatic heterocycles. The van der Waals surface area contributed by atoms with Gasteiger partial charge in [-0.3, -0.25) is 9.78 Å². The van der Waals surface area contributed by atoms with Gasteiger partial charge in [-0.2, -0.15) is 0 Å². The van der Waals surface area contributed by atoms with Crippen molar-refractivity contribution >= 4 is 16.8 Å². The molecule has 1 amide bonds. The molecule has 2 aromatic carbocycles. The highest BCUT2D eigenvalue weighted by atomic mass is 19.1. The Morgan fingerprint density at radius 2 is 1.83 bits per heavy atom. The van der Waals surface area contributed by atoms with Crippen LogP contribution in [0.2, 0.25) is 0 Å². The smallest absolute Gasteiger partial charge is 0.253 e. The molecule has 1 N–H and O–H groups in total. The van der Waals surface area contributed by atoms with Crippen LogP contribution in [0.3, 0.4) is 0 Å². The molecule has 3 rings (SSSR count). The fraction of sp³-hybridized carbons (Fsp3) is 0.158. The first-order valence-corrected chi connectivity index (χ1v) is 7.43. The van der Waals surface area contributed by atoms with E-state index in [9.17, 15) is 9.18 Å². The van der Waals surface area contributed by atoms with Gasteiger partial charge in [0.2, 0.25) is 0 Å². The average Bonchev–Trinajstić information content (AvgIpc) is 2.54. The maximum atomic E-state index is 12.9. The molecule has 3 nitrogen and oxygen atoms in total. The molecule has 0 radical (unpaired) electrons. The number of aromatic nitrogens is 1. The number of pyridine rings is 1. The second-order valence-electron chi connectivity index (χ2n) is 5.63. The van der Waals surface area contributed by atoms with Gasteiger partial charge in [0, 0.05) is 11.9 Å². The molecule has 1 aromatic heterocycles. The van der Waals surface area contributed by atoms with Crippen molar-refractivity contribution in [3.05, 3.63) is 76.7 Å². The molecular formula is C19H17FN2O. The van der Waals surface area contributed by atoms with Crippen LogP contribution in [0.25, 0.3) is 10.9 Å². The number of nitrogens with one attached hydrogen (secondary N) is 1. The summed E-state index contributed by atoms with van der Waals surface area (Å²) in [6.45, 7) is 4.18. The topological polar surface area (TPSA) is 42.0 Å². The molecule has 0 aliphatic carbocycles. The average molecular weight is 308 g/mol. The fourth-order valence-electron chi connectivity index (χ4n) is 2.50. The molecule has 0 saturated heterocycles. The van der Waals surface area contributed by atoms with Crippen molar-refractivity contribution in [2.45, 2.75) is 20.4 Å². The van der Waals surface area contributed by atoms with Crippen LogP contribution in [-0.2, 0) is 6.54 Å². The number of hydrogen-bond acceptors (Lipinski definition) is 2. The molecule has 0 atom stereocenters. The van der Waals surface area contributed by atoms with Gasteiger partial charge in [-0.05, 0) is 49.7 Å². The predicted molar refractivity (Wildman–Crippen MR) is 88.8 cm³/mol. The minimum Gasteiger partial charge on any atom is -0.348 e. The number of aryl methyl sites for hydroxylation is 2. The van der Waals surface area contributed by atoms with Crippen LogP contribution in [0.1, 0.15) is 27.2 Å². The van der Waals surface area contributed by atoms with Gasteiger partial charge in [-0.25, -0.2) is 4.39 Å². The van der Waals surface area contributed by atoms with Crippen LogP contribution in [0.15, 0.2) is 48.5 Å². The van der Waals surface area contributed by atoms with Crippen molar-refractivity contribution in [3.63, 3.8) is 0 Å².